The topological polar surface area (TPSA) is 95.5 Å². The number of oxazole rings is 1. The van der Waals surface area contributed by atoms with Crippen LogP contribution in [0.1, 0.15) is 29.0 Å². The van der Waals surface area contributed by atoms with E-state index in [1.54, 1.807) is 18.3 Å². The molecule has 144 valence electrons. The summed E-state index contributed by atoms with van der Waals surface area (Å²) in [7, 11) is 0. The number of rotatable bonds is 7. The third kappa shape index (κ3) is 4.82. The lowest BCUT2D eigenvalue weighted by molar-refractivity contribution is -0.384. The molecule has 0 amide bonds. The summed E-state index contributed by atoms with van der Waals surface area (Å²) in [5.41, 5.74) is 4.01. The highest BCUT2D eigenvalue weighted by Crippen LogP contribution is 2.23. The number of carbonyl (C=O) groups excluding carboxylic acids is 1. The molecule has 0 bridgehead atoms. The van der Waals surface area contributed by atoms with Crippen LogP contribution in [0.25, 0.3) is 11.3 Å². The summed E-state index contributed by atoms with van der Waals surface area (Å²) in [4.78, 5) is 26.3. The molecule has 7 heteroatoms. The highest BCUT2D eigenvalue weighted by Gasteiger charge is 2.11. The van der Waals surface area contributed by atoms with Gasteiger partial charge in [0.05, 0.1) is 17.5 Å². The molecule has 0 spiro atoms. The zero-order chi connectivity index (χ0) is 20.1. The number of nitro groups is 1. The monoisotopic (exact) mass is 380 g/mol. The SMILES string of the molecule is Cc1ccc(-c2cnc(CCC(=O)OCc3ccc([N+](=O)[O-])cc3)o2)cc1C. The molecular weight excluding hydrogens is 360 g/mol. The number of hydrogen-bond acceptors (Lipinski definition) is 6. The number of non-ortho nitro benzene ring substituents is 1. The molecule has 0 aliphatic carbocycles. The van der Waals surface area contributed by atoms with E-state index in [1.165, 1.54) is 23.3 Å². The Labute approximate surface area is 162 Å². The molecule has 0 saturated heterocycles. The smallest absolute Gasteiger partial charge is 0.306 e. The van der Waals surface area contributed by atoms with Crippen LogP contribution in [0.4, 0.5) is 5.69 Å². The summed E-state index contributed by atoms with van der Waals surface area (Å²) in [6.45, 7) is 4.15. The summed E-state index contributed by atoms with van der Waals surface area (Å²) in [6, 6.07) is 11.9. The van der Waals surface area contributed by atoms with E-state index in [1.807, 2.05) is 32.0 Å². The fourth-order valence-electron chi connectivity index (χ4n) is 2.61. The minimum Gasteiger partial charge on any atom is -0.461 e. The largest absolute Gasteiger partial charge is 0.461 e. The molecule has 0 N–H and O–H groups in total. The van der Waals surface area contributed by atoms with Crippen LogP contribution in [0.15, 0.2) is 53.1 Å². The Morgan fingerprint density at radius 1 is 1.14 bits per heavy atom. The zero-order valence-electron chi connectivity index (χ0n) is 15.7. The van der Waals surface area contributed by atoms with E-state index >= 15 is 0 Å². The second-order valence-corrected chi connectivity index (χ2v) is 6.50. The maximum Gasteiger partial charge on any atom is 0.306 e. The summed E-state index contributed by atoms with van der Waals surface area (Å²) < 4.78 is 10.9. The molecule has 0 aliphatic rings. The highest BCUT2D eigenvalue weighted by atomic mass is 16.6. The average molecular weight is 380 g/mol. The zero-order valence-corrected chi connectivity index (χ0v) is 15.7. The van der Waals surface area contributed by atoms with Crippen LogP contribution in [0.5, 0.6) is 0 Å². The molecular formula is C21H20N2O5. The van der Waals surface area contributed by atoms with Gasteiger partial charge in [0, 0.05) is 24.1 Å². The van der Waals surface area contributed by atoms with E-state index in [-0.39, 0.29) is 24.7 Å². The second-order valence-electron chi connectivity index (χ2n) is 6.50. The highest BCUT2D eigenvalue weighted by molar-refractivity contribution is 5.69. The van der Waals surface area contributed by atoms with Crippen molar-refractivity contribution in [2.24, 2.45) is 0 Å². The van der Waals surface area contributed by atoms with Crippen molar-refractivity contribution >= 4 is 11.7 Å². The number of hydrogen-bond donors (Lipinski definition) is 0. The van der Waals surface area contributed by atoms with Gasteiger partial charge in [0.25, 0.3) is 5.69 Å². The molecule has 0 unspecified atom stereocenters. The molecule has 1 aromatic heterocycles. The molecule has 3 aromatic rings. The summed E-state index contributed by atoms with van der Waals surface area (Å²) >= 11 is 0. The first kappa shape index (κ1) is 19.3. The predicted octanol–water partition coefficient (Wildman–Crippen LogP) is 4.54. The maximum absolute atomic E-state index is 11.9. The first-order chi connectivity index (χ1) is 13.4. The molecule has 3 rings (SSSR count). The van der Waals surface area contributed by atoms with Gasteiger partial charge in [-0.05, 0) is 48.7 Å². The van der Waals surface area contributed by atoms with Crippen LogP contribution in [-0.4, -0.2) is 15.9 Å². The molecule has 1 heterocycles. The lowest BCUT2D eigenvalue weighted by atomic mass is 10.1. The van der Waals surface area contributed by atoms with Gasteiger partial charge in [0.1, 0.15) is 6.61 Å². The Hall–Kier alpha value is -3.48. The normalized spacial score (nSPS) is 10.6. The lowest BCUT2D eigenvalue weighted by Gasteiger charge is -2.04. The Balaban J connectivity index is 1.50. The Bertz CT molecular complexity index is 992. The van der Waals surface area contributed by atoms with Crippen molar-refractivity contribution in [3.8, 4) is 11.3 Å². The van der Waals surface area contributed by atoms with Crippen molar-refractivity contribution < 1.29 is 18.9 Å². The van der Waals surface area contributed by atoms with Gasteiger partial charge in [0.2, 0.25) is 0 Å². The Morgan fingerprint density at radius 2 is 1.89 bits per heavy atom. The molecule has 0 aliphatic heterocycles. The number of ether oxygens (including phenoxy) is 1. The van der Waals surface area contributed by atoms with Gasteiger partial charge in [-0.1, -0.05) is 12.1 Å². The molecule has 0 saturated carbocycles. The van der Waals surface area contributed by atoms with Crippen LogP contribution < -0.4 is 0 Å². The van der Waals surface area contributed by atoms with Gasteiger partial charge in [-0.2, -0.15) is 0 Å². The minimum atomic E-state index is -0.474. The third-order valence-electron chi connectivity index (χ3n) is 4.43. The van der Waals surface area contributed by atoms with E-state index < -0.39 is 4.92 Å². The van der Waals surface area contributed by atoms with Gasteiger partial charge in [-0.3, -0.25) is 14.9 Å². The first-order valence-electron chi connectivity index (χ1n) is 8.83. The van der Waals surface area contributed by atoms with E-state index in [9.17, 15) is 14.9 Å². The quantitative estimate of drug-likeness (QED) is 0.339. The Morgan fingerprint density at radius 3 is 2.57 bits per heavy atom. The van der Waals surface area contributed by atoms with E-state index in [4.69, 9.17) is 9.15 Å². The van der Waals surface area contributed by atoms with Crippen molar-refractivity contribution in [3.05, 3.63) is 81.4 Å². The van der Waals surface area contributed by atoms with E-state index in [0.29, 0.717) is 23.6 Å². The summed E-state index contributed by atoms with van der Waals surface area (Å²) in [6.07, 6.45) is 2.13. The summed E-state index contributed by atoms with van der Waals surface area (Å²) in [5.74, 6) is 0.752. The van der Waals surface area contributed by atoms with Crippen LogP contribution >= 0.6 is 0 Å². The number of nitro benzene ring substituents is 1. The van der Waals surface area contributed by atoms with Gasteiger partial charge >= 0.3 is 5.97 Å². The number of benzene rings is 2. The van der Waals surface area contributed by atoms with Crippen LogP contribution in [0.2, 0.25) is 0 Å². The van der Waals surface area contributed by atoms with Crippen LogP contribution in [0.3, 0.4) is 0 Å². The number of aromatic nitrogens is 1. The second kappa shape index (κ2) is 8.47. The van der Waals surface area contributed by atoms with Gasteiger partial charge in [-0.25, -0.2) is 4.98 Å². The van der Waals surface area contributed by atoms with Crippen LogP contribution in [0, 0.1) is 24.0 Å². The van der Waals surface area contributed by atoms with Crippen molar-refractivity contribution in [2.75, 3.05) is 0 Å². The van der Waals surface area contributed by atoms with Gasteiger partial charge in [-0.15, -0.1) is 0 Å². The molecule has 2 aromatic carbocycles. The van der Waals surface area contributed by atoms with Crippen molar-refractivity contribution in [3.63, 3.8) is 0 Å². The van der Waals surface area contributed by atoms with E-state index in [0.717, 1.165) is 5.56 Å². The average Bonchev–Trinajstić information content (AvgIpc) is 3.16. The number of carbonyl (C=O) groups is 1. The fourth-order valence-corrected chi connectivity index (χ4v) is 2.61. The van der Waals surface area contributed by atoms with Gasteiger partial charge < -0.3 is 9.15 Å². The standard InChI is InChI=1S/C21H20N2O5/c1-14-3-6-17(11-15(14)2)19-12-22-20(28-19)9-10-21(24)27-13-16-4-7-18(8-5-16)23(25)26/h3-8,11-12H,9-10,13H2,1-2H3. The van der Waals surface area contributed by atoms with E-state index in [2.05, 4.69) is 4.98 Å². The molecule has 7 nitrogen and oxygen atoms in total. The molecule has 28 heavy (non-hydrogen) atoms. The van der Waals surface area contributed by atoms with Crippen molar-refractivity contribution in [2.45, 2.75) is 33.3 Å². The number of aryl methyl sites for hydroxylation is 3. The molecule has 0 radical (unpaired) electrons. The van der Waals surface area contributed by atoms with Crippen molar-refractivity contribution in [1.29, 1.82) is 0 Å². The summed E-state index contributed by atoms with van der Waals surface area (Å²) in [5, 5.41) is 10.6. The predicted molar refractivity (Wildman–Crippen MR) is 103 cm³/mol. The van der Waals surface area contributed by atoms with Crippen LogP contribution in [-0.2, 0) is 22.6 Å². The van der Waals surface area contributed by atoms with Crippen molar-refractivity contribution in [1.82, 2.24) is 4.98 Å². The van der Waals surface area contributed by atoms with Gasteiger partial charge in [0.15, 0.2) is 11.7 Å². The first-order valence-corrected chi connectivity index (χ1v) is 8.83. The Kier molecular flexibility index (Phi) is 5.84. The molecule has 0 fully saturated rings. The minimum absolute atomic E-state index is 0.00135. The number of nitrogens with zero attached hydrogens (tertiary/aromatic N) is 2. The fraction of sp³-hybridized carbons (Fsp3) is 0.238. The maximum atomic E-state index is 11.9. The number of esters is 1. The third-order valence-corrected chi connectivity index (χ3v) is 4.43. The lowest BCUT2D eigenvalue weighted by Crippen LogP contribution is -2.06. The molecule has 0 atom stereocenters.